The highest BCUT2D eigenvalue weighted by Gasteiger charge is 2.07. The molecule has 0 unspecified atom stereocenters. The van der Waals surface area contributed by atoms with Gasteiger partial charge in [-0.05, 0) is 24.6 Å². The van der Waals surface area contributed by atoms with Crippen molar-refractivity contribution in [3.05, 3.63) is 44.4 Å². The van der Waals surface area contributed by atoms with E-state index in [1.54, 1.807) is 6.92 Å². The Balaban J connectivity index is 2.63. The maximum atomic E-state index is 11.0. The molecule has 90 valence electrons. The second-order valence-corrected chi connectivity index (χ2v) is 4.15. The first-order valence-electron chi connectivity index (χ1n) is 4.70. The number of nitrogens with zero attached hydrogens (tertiary/aromatic N) is 2. The van der Waals surface area contributed by atoms with Crippen LogP contribution in [0.1, 0.15) is 12.5 Å². The lowest BCUT2D eigenvalue weighted by molar-refractivity contribution is -0.467. The van der Waals surface area contributed by atoms with Gasteiger partial charge in [-0.25, -0.2) is 5.43 Å². The minimum absolute atomic E-state index is 0.578. The third kappa shape index (κ3) is 4.73. The number of hydrogen-bond donors (Lipinski definition) is 1. The Kier molecular flexibility index (Phi) is 4.77. The molecule has 0 heterocycles. The number of amides is 1. The fraction of sp³-hybridized carbons (Fsp3) is 0.200. The summed E-state index contributed by atoms with van der Waals surface area (Å²) in [5, 5.41) is 13.8. The van der Waals surface area contributed by atoms with Crippen molar-refractivity contribution in [2.45, 2.75) is 6.92 Å². The van der Waals surface area contributed by atoms with Crippen molar-refractivity contribution in [3.8, 4) is 0 Å². The highest BCUT2D eigenvalue weighted by Crippen LogP contribution is 2.10. The third-order valence-electron chi connectivity index (χ3n) is 1.88. The Bertz CT molecular complexity index is 456. The van der Waals surface area contributed by atoms with Crippen molar-refractivity contribution in [2.75, 3.05) is 6.54 Å². The van der Waals surface area contributed by atoms with Crippen LogP contribution in [0.15, 0.2) is 33.8 Å². The molecule has 0 atom stereocenters. The predicted molar refractivity (Wildman–Crippen MR) is 66.4 cm³/mol. The van der Waals surface area contributed by atoms with E-state index in [1.807, 2.05) is 24.3 Å². The van der Waals surface area contributed by atoms with Gasteiger partial charge < -0.3 is 0 Å². The lowest BCUT2D eigenvalue weighted by Crippen LogP contribution is -2.26. The van der Waals surface area contributed by atoms with E-state index in [1.165, 1.54) is 0 Å². The van der Waals surface area contributed by atoms with Crippen LogP contribution in [0.5, 0.6) is 0 Å². The van der Waals surface area contributed by atoms with Gasteiger partial charge >= 0.3 is 5.91 Å². The van der Waals surface area contributed by atoms with Gasteiger partial charge in [-0.3, -0.25) is 14.9 Å². The van der Waals surface area contributed by atoms with Crippen LogP contribution in [0.25, 0.3) is 0 Å². The molecule has 0 aliphatic carbocycles. The average Bonchev–Trinajstić information content (AvgIpc) is 2.26. The molecule has 0 saturated heterocycles. The lowest BCUT2D eigenvalue weighted by Gasteiger charge is -2.01. The van der Waals surface area contributed by atoms with Gasteiger partial charge in [-0.15, -0.1) is 0 Å². The number of hydrazone groups is 1. The van der Waals surface area contributed by atoms with Crippen molar-refractivity contribution in [1.82, 2.24) is 5.43 Å². The number of nitrogens with one attached hydrogen (secondary N) is 1. The number of halogens is 1. The molecule has 0 aromatic heterocycles. The summed E-state index contributed by atoms with van der Waals surface area (Å²) in [6.45, 7) is 0.923. The van der Waals surface area contributed by atoms with E-state index in [0.717, 1.165) is 10.0 Å². The van der Waals surface area contributed by atoms with E-state index in [4.69, 9.17) is 0 Å². The number of nitro groups is 1. The van der Waals surface area contributed by atoms with Gasteiger partial charge in [0, 0.05) is 9.40 Å². The molecular weight excluding hydrogens is 290 g/mol. The zero-order valence-electron chi connectivity index (χ0n) is 9.01. The Morgan fingerprint density at radius 2 is 2.06 bits per heavy atom. The Hall–Kier alpha value is -1.76. The number of benzene rings is 1. The number of rotatable bonds is 4. The minimum atomic E-state index is -0.781. The molecule has 1 rings (SSSR count). The molecule has 0 spiro atoms. The van der Waals surface area contributed by atoms with Gasteiger partial charge in [0.1, 0.15) is 0 Å². The van der Waals surface area contributed by atoms with Gasteiger partial charge in [0.2, 0.25) is 0 Å². The molecule has 0 aliphatic heterocycles. The van der Waals surface area contributed by atoms with E-state index in [0.29, 0.717) is 5.71 Å². The van der Waals surface area contributed by atoms with Crippen molar-refractivity contribution in [3.63, 3.8) is 0 Å². The van der Waals surface area contributed by atoms with Gasteiger partial charge in [0.25, 0.3) is 6.54 Å². The fourth-order valence-corrected chi connectivity index (χ4v) is 1.32. The van der Waals surface area contributed by atoms with Crippen molar-refractivity contribution in [2.24, 2.45) is 5.10 Å². The molecule has 7 heteroatoms. The van der Waals surface area contributed by atoms with Crippen molar-refractivity contribution >= 4 is 27.5 Å². The maximum absolute atomic E-state index is 11.0. The van der Waals surface area contributed by atoms with Crippen LogP contribution in [0.2, 0.25) is 0 Å². The fourth-order valence-electron chi connectivity index (χ4n) is 1.05. The quantitative estimate of drug-likeness (QED) is 0.520. The highest BCUT2D eigenvalue weighted by molar-refractivity contribution is 9.10. The van der Waals surface area contributed by atoms with Crippen molar-refractivity contribution in [1.29, 1.82) is 0 Å². The highest BCUT2D eigenvalue weighted by atomic mass is 79.9. The second-order valence-electron chi connectivity index (χ2n) is 3.23. The summed E-state index contributed by atoms with van der Waals surface area (Å²) >= 11 is 3.30. The standard InChI is InChI=1S/C10H10BrN3O3/c1-7(8-2-4-9(11)5-3-8)12-13-10(15)6-14(16)17/h2-5H,6H2,1H3,(H,13,15)/b12-7+. The number of hydrogen-bond acceptors (Lipinski definition) is 4. The van der Waals surface area contributed by atoms with Crippen LogP contribution in [0.3, 0.4) is 0 Å². The second kappa shape index (κ2) is 6.09. The molecule has 1 N–H and O–H groups in total. The van der Waals surface area contributed by atoms with E-state index in [2.05, 4.69) is 26.5 Å². The molecule has 17 heavy (non-hydrogen) atoms. The van der Waals surface area contributed by atoms with Crippen LogP contribution in [0.4, 0.5) is 0 Å². The zero-order valence-corrected chi connectivity index (χ0v) is 10.6. The van der Waals surface area contributed by atoms with E-state index in [9.17, 15) is 14.9 Å². The summed E-state index contributed by atoms with van der Waals surface area (Å²) in [6.07, 6.45) is 0. The summed E-state index contributed by atoms with van der Waals surface area (Å²) in [4.78, 5) is 20.3. The Labute approximate surface area is 106 Å². The smallest absolute Gasteiger partial charge is 0.265 e. The van der Waals surface area contributed by atoms with Gasteiger partial charge in [-0.1, -0.05) is 28.1 Å². The Morgan fingerprint density at radius 3 is 2.59 bits per heavy atom. The normalized spacial score (nSPS) is 11.1. The first-order chi connectivity index (χ1) is 7.99. The van der Waals surface area contributed by atoms with E-state index >= 15 is 0 Å². The SMILES string of the molecule is C/C(=N\NC(=O)C[N+](=O)[O-])c1ccc(Br)cc1. The molecule has 0 aliphatic rings. The first kappa shape index (κ1) is 13.3. The molecule has 0 radical (unpaired) electrons. The molecule has 6 nitrogen and oxygen atoms in total. The van der Waals surface area contributed by atoms with Crippen LogP contribution < -0.4 is 5.43 Å². The summed E-state index contributed by atoms with van der Waals surface area (Å²) in [7, 11) is 0. The maximum Gasteiger partial charge on any atom is 0.311 e. The molecular formula is C10H10BrN3O3. The van der Waals surface area contributed by atoms with Gasteiger partial charge in [0.15, 0.2) is 0 Å². The first-order valence-corrected chi connectivity index (χ1v) is 5.49. The summed E-state index contributed by atoms with van der Waals surface area (Å²) in [6, 6.07) is 7.32. The molecule has 1 aromatic rings. The zero-order chi connectivity index (χ0) is 12.8. The molecule has 1 aromatic carbocycles. The van der Waals surface area contributed by atoms with Crippen molar-refractivity contribution < 1.29 is 9.72 Å². The molecule has 0 fully saturated rings. The lowest BCUT2D eigenvalue weighted by atomic mass is 10.1. The minimum Gasteiger partial charge on any atom is -0.265 e. The largest absolute Gasteiger partial charge is 0.311 e. The van der Waals surface area contributed by atoms with Gasteiger partial charge in [0.05, 0.1) is 5.71 Å². The predicted octanol–water partition coefficient (Wildman–Crippen LogP) is 1.57. The summed E-state index contributed by atoms with van der Waals surface area (Å²) < 4.78 is 0.937. The van der Waals surface area contributed by atoms with Crippen LogP contribution in [-0.2, 0) is 4.79 Å². The average molecular weight is 300 g/mol. The van der Waals surface area contributed by atoms with E-state index in [-0.39, 0.29) is 0 Å². The van der Waals surface area contributed by atoms with Crippen LogP contribution >= 0.6 is 15.9 Å². The number of carbonyl (C=O) groups excluding carboxylic acids is 1. The van der Waals surface area contributed by atoms with Gasteiger partial charge in [-0.2, -0.15) is 5.10 Å². The summed E-state index contributed by atoms with van der Waals surface area (Å²) in [5.41, 5.74) is 3.53. The monoisotopic (exact) mass is 299 g/mol. The number of carbonyl (C=O) groups is 1. The topological polar surface area (TPSA) is 84.6 Å². The third-order valence-corrected chi connectivity index (χ3v) is 2.41. The van der Waals surface area contributed by atoms with Crippen LogP contribution in [0, 0.1) is 10.1 Å². The summed E-state index contributed by atoms with van der Waals surface area (Å²) in [5.74, 6) is -0.744. The molecule has 0 bridgehead atoms. The molecule has 1 amide bonds. The van der Waals surface area contributed by atoms with E-state index < -0.39 is 17.4 Å². The molecule has 0 saturated carbocycles. The Morgan fingerprint density at radius 1 is 1.47 bits per heavy atom. The van der Waals surface area contributed by atoms with Crippen LogP contribution in [-0.4, -0.2) is 23.1 Å².